The van der Waals surface area contributed by atoms with Crippen LogP contribution in [0.5, 0.6) is 0 Å². The minimum atomic E-state index is 0.651. The fourth-order valence-corrected chi connectivity index (χ4v) is 3.29. The molecule has 1 fully saturated rings. The maximum absolute atomic E-state index is 4.44. The lowest BCUT2D eigenvalue weighted by Crippen LogP contribution is -2.46. The molecule has 1 aromatic rings. The van der Waals surface area contributed by atoms with Gasteiger partial charge in [0.2, 0.25) is 0 Å². The molecule has 4 nitrogen and oxygen atoms in total. The summed E-state index contributed by atoms with van der Waals surface area (Å²) >= 11 is 0. The maximum Gasteiger partial charge on any atom is 0.193 e. The summed E-state index contributed by atoms with van der Waals surface area (Å²) in [6, 6.07) is 11.2. The van der Waals surface area contributed by atoms with Crippen LogP contribution >= 0.6 is 0 Å². The molecule has 0 spiro atoms. The third kappa shape index (κ3) is 5.54. The lowest BCUT2D eigenvalue weighted by atomic mass is 9.97. The highest BCUT2D eigenvalue weighted by Crippen LogP contribution is 2.17. The average molecular weight is 316 g/mol. The lowest BCUT2D eigenvalue weighted by Gasteiger charge is -2.36. The van der Waals surface area contributed by atoms with Crippen LogP contribution in [0.1, 0.15) is 32.3 Å². The molecule has 1 aliphatic heterocycles. The third-order valence-electron chi connectivity index (χ3n) is 4.67. The second kappa shape index (κ2) is 8.92. The number of benzene rings is 1. The van der Waals surface area contributed by atoms with Crippen molar-refractivity contribution in [3.05, 3.63) is 35.9 Å². The molecule has 4 heteroatoms. The molecule has 23 heavy (non-hydrogen) atoms. The van der Waals surface area contributed by atoms with Crippen molar-refractivity contribution in [3.8, 4) is 0 Å². The number of hydrogen-bond donors (Lipinski definition) is 1. The van der Waals surface area contributed by atoms with Crippen molar-refractivity contribution in [1.82, 2.24) is 15.1 Å². The smallest absolute Gasteiger partial charge is 0.193 e. The lowest BCUT2D eigenvalue weighted by molar-refractivity contribution is 0.140. The molecule has 1 N–H and O–H groups in total. The van der Waals surface area contributed by atoms with E-state index in [4.69, 9.17) is 0 Å². The Morgan fingerprint density at radius 2 is 2.09 bits per heavy atom. The van der Waals surface area contributed by atoms with Gasteiger partial charge in [-0.3, -0.25) is 4.99 Å². The first-order chi connectivity index (χ1) is 11.1. The molecule has 1 heterocycles. The molecule has 0 bridgehead atoms. The molecular weight excluding hydrogens is 284 g/mol. The van der Waals surface area contributed by atoms with E-state index < -0.39 is 0 Å². The molecule has 0 amide bonds. The molecule has 1 unspecified atom stereocenters. The minimum absolute atomic E-state index is 0.651. The molecule has 0 radical (unpaired) electrons. The first kappa shape index (κ1) is 17.8. The highest BCUT2D eigenvalue weighted by atomic mass is 15.3. The van der Waals surface area contributed by atoms with Gasteiger partial charge < -0.3 is 15.1 Å². The summed E-state index contributed by atoms with van der Waals surface area (Å²) in [4.78, 5) is 9.22. The van der Waals surface area contributed by atoms with Gasteiger partial charge in [0.05, 0.1) is 0 Å². The van der Waals surface area contributed by atoms with E-state index in [1.807, 2.05) is 7.05 Å². The molecule has 1 aromatic carbocycles. The van der Waals surface area contributed by atoms with Crippen molar-refractivity contribution in [3.63, 3.8) is 0 Å². The summed E-state index contributed by atoms with van der Waals surface area (Å²) in [6.07, 6.45) is 2.62. The van der Waals surface area contributed by atoms with E-state index in [1.165, 1.54) is 31.5 Å². The van der Waals surface area contributed by atoms with Crippen LogP contribution in [-0.4, -0.2) is 55.5 Å². The van der Waals surface area contributed by atoms with E-state index in [-0.39, 0.29) is 0 Å². The Kier molecular flexibility index (Phi) is 6.90. The van der Waals surface area contributed by atoms with E-state index in [0.717, 1.165) is 19.0 Å². The van der Waals surface area contributed by atoms with Crippen molar-refractivity contribution in [1.29, 1.82) is 0 Å². The van der Waals surface area contributed by atoms with Crippen molar-refractivity contribution < 1.29 is 0 Å². The van der Waals surface area contributed by atoms with Crippen LogP contribution in [0, 0.1) is 5.92 Å². The van der Waals surface area contributed by atoms with Gasteiger partial charge in [0.1, 0.15) is 0 Å². The fraction of sp³-hybridized carbons (Fsp3) is 0.632. The quantitative estimate of drug-likeness (QED) is 0.669. The number of nitrogens with one attached hydrogen (secondary N) is 1. The zero-order valence-electron chi connectivity index (χ0n) is 15.1. The predicted octanol–water partition coefficient (Wildman–Crippen LogP) is 2.81. The molecule has 1 atom stereocenters. The van der Waals surface area contributed by atoms with Gasteiger partial charge in [0.25, 0.3) is 0 Å². The van der Waals surface area contributed by atoms with Gasteiger partial charge in [0, 0.05) is 39.8 Å². The molecule has 128 valence electrons. The molecule has 0 aromatic heterocycles. The summed E-state index contributed by atoms with van der Waals surface area (Å²) in [6.45, 7) is 8.92. The Bertz CT molecular complexity index is 483. The number of hydrogen-bond acceptors (Lipinski definition) is 2. The molecule has 1 saturated heterocycles. The number of guanidine groups is 1. The summed E-state index contributed by atoms with van der Waals surface area (Å²) in [5.74, 6) is 1.70. The van der Waals surface area contributed by atoms with Gasteiger partial charge in [0.15, 0.2) is 5.96 Å². The Balaban J connectivity index is 1.82. The van der Waals surface area contributed by atoms with Gasteiger partial charge in [-0.05, 0) is 44.7 Å². The monoisotopic (exact) mass is 316 g/mol. The Hall–Kier alpha value is -1.55. The van der Waals surface area contributed by atoms with Gasteiger partial charge in [-0.2, -0.15) is 0 Å². The molecule has 1 aliphatic rings. The van der Waals surface area contributed by atoms with Gasteiger partial charge >= 0.3 is 0 Å². The summed E-state index contributed by atoms with van der Waals surface area (Å²) < 4.78 is 0. The highest BCUT2D eigenvalue weighted by Gasteiger charge is 2.22. The van der Waals surface area contributed by atoms with E-state index in [9.17, 15) is 0 Å². The first-order valence-corrected chi connectivity index (χ1v) is 8.80. The summed E-state index contributed by atoms with van der Waals surface area (Å²) in [5.41, 5.74) is 1.31. The highest BCUT2D eigenvalue weighted by molar-refractivity contribution is 5.79. The second-order valence-corrected chi connectivity index (χ2v) is 6.87. The molecular formula is C19H32N4. The third-order valence-corrected chi connectivity index (χ3v) is 4.67. The molecule has 2 rings (SSSR count). The van der Waals surface area contributed by atoms with Crippen LogP contribution in [-0.2, 0) is 6.54 Å². The second-order valence-electron chi connectivity index (χ2n) is 6.87. The van der Waals surface area contributed by atoms with E-state index in [2.05, 4.69) is 71.3 Å². The van der Waals surface area contributed by atoms with Gasteiger partial charge in [-0.25, -0.2) is 0 Å². The van der Waals surface area contributed by atoms with Crippen molar-refractivity contribution in [2.75, 3.05) is 33.7 Å². The Morgan fingerprint density at radius 1 is 1.35 bits per heavy atom. The van der Waals surface area contributed by atoms with Crippen LogP contribution in [0.4, 0.5) is 0 Å². The van der Waals surface area contributed by atoms with Crippen LogP contribution in [0.25, 0.3) is 0 Å². The van der Waals surface area contributed by atoms with Crippen molar-refractivity contribution in [2.45, 2.75) is 39.3 Å². The fourth-order valence-electron chi connectivity index (χ4n) is 3.29. The SMILES string of the molecule is CN=C(NCC1CCCN(C(C)C)C1)N(C)Cc1ccccc1. The zero-order chi connectivity index (χ0) is 16.7. The largest absolute Gasteiger partial charge is 0.356 e. The Labute approximate surface area is 141 Å². The Morgan fingerprint density at radius 3 is 2.74 bits per heavy atom. The number of rotatable bonds is 5. The maximum atomic E-state index is 4.44. The van der Waals surface area contributed by atoms with E-state index in [1.54, 1.807) is 0 Å². The van der Waals surface area contributed by atoms with Gasteiger partial charge in [-0.15, -0.1) is 0 Å². The molecule has 0 aliphatic carbocycles. The van der Waals surface area contributed by atoms with Crippen LogP contribution < -0.4 is 5.32 Å². The molecule has 0 saturated carbocycles. The normalized spacial score (nSPS) is 19.9. The summed E-state index contributed by atoms with van der Waals surface area (Å²) in [5, 5.41) is 3.57. The van der Waals surface area contributed by atoms with Crippen LogP contribution in [0.15, 0.2) is 35.3 Å². The number of piperidine rings is 1. The first-order valence-electron chi connectivity index (χ1n) is 8.80. The number of likely N-dealkylation sites (tertiary alicyclic amines) is 1. The van der Waals surface area contributed by atoms with Crippen molar-refractivity contribution >= 4 is 5.96 Å². The van der Waals surface area contributed by atoms with E-state index >= 15 is 0 Å². The number of nitrogens with zero attached hydrogens (tertiary/aromatic N) is 3. The predicted molar refractivity (Wildman–Crippen MR) is 98.7 cm³/mol. The standard InChI is InChI=1S/C19H32N4/c1-16(2)23-12-8-11-18(15-23)13-21-19(20-3)22(4)14-17-9-6-5-7-10-17/h5-7,9-10,16,18H,8,11-15H2,1-4H3,(H,20,21). The van der Waals surface area contributed by atoms with Crippen LogP contribution in [0.2, 0.25) is 0 Å². The summed E-state index contributed by atoms with van der Waals surface area (Å²) in [7, 11) is 3.97. The van der Waals surface area contributed by atoms with Crippen LogP contribution in [0.3, 0.4) is 0 Å². The average Bonchev–Trinajstić information content (AvgIpc) is 2.56. The number of aliphatic imine (C=N–C) groups is 1. The van der Waals surface area contributed by atoms with E-state index in [0.29, 0.717) is 12.0 Å². The zero-order valence-corrected chi connectivity index (χ0v) is 15.1. The minimum Gasteiger partial charge on any atom is -0.356 e. The van der Waals surface area contributed by atoms with Gasteiger partial charge in [-0.1, -0.05) is 30.3 Å². The topological polar surface area (TPSA) is 30.9 Å². The van der Waals surface area contributed by atoms with Crippen molar-refractivity contribution in [2.24, 2.45) is 10.9 Å².